The summed E-state index contributed by atoms with van der Waals surface area (Å²) in [6, 6.07) is 7.80. The summed E-state index contributed by atoms with van der Waals surface area (Å²) >= 11 is 0. The molecule has 3 aliphatic rings. The van der Waals surface area contributed by atoms with Gasteiger partial charge < -0.3 is 14.7 Å². The van der Waals surface area contributed by atoms with Gasteiger partial charge in [-0.1, -0.05) is 0 Å². The Bertz CT molecular complexity index is 608. The van der Waals surface area contributed by atoms with E-state index in [0.29, 0.717) is 17.7 Å². The number of rotatable bonds is 3. The van der Waals surface area contributed by atoms with Crippen LogP contribution in [-0.2, 0) is 4.79 Å². The second kappa shape index (κ2) is 5.28. The minimum absolute atomic E-state index is 0.202. The highest BCUT2D eigenvalue weighted by molar-refractivity contribution is 5.72. The summed E-state index contributed by atoms with van der Waals surface area (Å²) in [7, 11) is 1.60. The summed E-state index contributed by atoms with van der Waals surface area (Å²) in [5.74, 6) is 0.00171. The largest absolute Gasteiger partial charge is 0.495 e. The summed E-state index contributed by atoms with van der Waals surface area (Å²) < 4.78 is 5.41. The molecule has 5 nitrogen and oxygen atoms in total. The highest BCUT2D eigenvalue weighted by Gasteiger charge is 2.44. The number of methoxy groups -OCH3 is 1. The second-order valence-electron chi connectivity index (χ2n) is 5.82. The van der Waals surface area contributed by atoms with Crippen LogP contribution < -0.4 is 9.64 Å². The van der Waals surface area contributed by atoms with Crippen molar-refractivity contribution in [2.45, 2.75) is 25.3 Å². The predicted octanol–water partition coefficient (Wildman–Crippen LogP) is 2.26. The van der Waals surface area contributed by atoms with Gasteiger partial charge in [0.15, 0.2) is 0 Å². The van der Waals surface area contributed by atoms with E-state index < -0.39 is 5.97 Å². The van der Waals surface area contributed by atoms with E-state index in [1.807, 2.05) is 6.07 Å². The maximum absolute atomic E-state index is 11.3. The fourth-order valence-corrected chi connectivity index (χ4v) is 3.70. The fourth-order valence-electron chi connectivity index (χ4n) is 3.70. The highest BCUT2D eigenvalue weighted by atomic mass is 16.5. The standard InChI is InChI=1S/C16H18N2O3/c1-21-15-6-10(8-17)2-5-14(15)18-9-11-3-4-12(18)7-13(11)16(19)20/h2,5-6,11-13H,3-4,7,9H2,1H3,(H,19,20). The Kier molecular flexibility index (Phi) is 3.46. The van der Waals surface area contributed by atoms with Gasteiger partial charge in [-0.05, 0) is 37.3 Å². The number of piperidine rings is 2. The number of carboxylic acids is 1. The number of carbonyl (C=O) groups is 1. The monoisotopic (exact) mass is 286 g/mol. The molecule has 1 aromatic carbocycles. The van der Waals surface area contributed by atoms with E-state index in [2.05, 4.69) is 11.0 Å². The van der Waals surface area contributed by atoms with Crippen molar-refractivity contribution in [1.82, 2.24) is 0 Å². The second-order valence-corrected chi connectivity index (χ2v) is 5.82. The van der Waals surface area contributed by atoms with E-state index in [-0.39, 0.29) is 17.9 Å². The number of benzene rings is 1. The maximum atomic E-state index is 11.3. The van der Waals surface area contributed by atoms with Gasteiger partial charge in [0, 0.05) is 18.7 Å². The first-order valence-corrected chi connectivity index (χ1v) is 7.21. The minimum atomic E-state index is -0.670. The number of fused-ring (bicyclic) bond motifs is 3. The van der Waals surface area contributed by atoms with Crippen LogP contribution in [0.15, 0.2) is 18.2 Å². The summed E-state index contributed by atoms with van der Waals surface area (Å²) in [6.45, 7) is 0.754. The lowest BCUT2D eigenvalue weighted by Gasteiger charge is -2.49. The molecule has 1 saturated carbocycles. The quantitative estimate of drug-likeness (QED) is 0.922. The van der Waals surface area contributed by atoms with E-state index in [1.54, 1.807) is 19.2 Å². The highest BCUT2D eigenvalue weighted by Crippen LogP contribution is 2.44. The van der Waals surface area contributed by atoms with Gasteiger partial charge in [-0.25, -0.2) is 0 Å². The van der Waals surface area contributed by atoms with Gasteiger partial charge in [0.05, 0.1) is 30.3 Å². The van der Waals surface area contributed by atoms with Crippen molar-refractivity contribution in [2.24, 2.45) is 11.8 Å². The number of nitrogens with zero attached hydrogens (tertiary/aromatic N) is 2. The molecule has 2 saturated heterocycles. The molecule has 3 atom stereocenters. The zero-order valence-electron chi connectivity index (χ0n) is 12.0. The summed E-state index contributed by atoms with van der Waals surface area (Å²) in [5.41, 5.74) is 1.54. The van der Waals surface area contributed by atoms with Crippen molar-refractivity contribution < 1.29 is 14.6 Å². The maximum Gasteiger partial charge on any atom is 0.306 e. The van der Waals surface area contributed by atoms with E-state index in [4.69, 9.17) is 10.00 Å². The first-order chi connectivity index (χ1) is 10.1. The van der Waals surface area contributed by atoms with Crippen LogP contribution in [0.4, 0.5) is 5.69 Å². The van der Waals surface area contributed by atoms with Crippen LogP contribution in [0, 0.1) is 23.2 Å². The summed E-state index contributed by atoms with van der Waals surface area (Å²) in [4.78, 5) is 13.6. The molecule has 1 N–H and O–H groups in total. The SMILES string of the molecule is COc1cc(C#N)ccc1N1CC2CCC1CC2C(=O)O. The van der Waals surface area contributed by atoms with Gasteiger partial charge in [0.1, 0.15) is 5.75 Å². The number of ether oxygens (including phenoxy) is 1. The van der Waals surface area contributed by atoms with Crippen molar-refractivity contribution in [3.8, 4) is 11.8 Å². The lowest BCUT2D eigenvalue weighted by atomic mass is 9.72. The number of carboxylic acid groups (broad SMARTS) is 1. The van der Waals surface area contributed by atoms with Gasteiger partial charge in [0.2, 0.25) is 0 Å². The third kappa shape index (κ3) is 2.31. The van der Waals surface area contributed by atoms with Gasteiger partial charge in [0.25, 0.3) is 0 Å². The average Bonchev–Trinajstić information content (AvgIpc) is 2.54. The lowest BCUT2D eigenvalue weighted by molar-refractivity contribution is -0.145. The summed E-state index contributed by atoms with van der Waals surface area (Å²) in [5, 5.41) is 18.3. The predicted molar refractivity (Wildman–Crippen MR) is 77.3 cm³/mol. The van der Waals surface area contributed by atoms with Crippen LogP contribution in [0.5, 0.6) is 5.75 Å². The molecule has 21 heavy (non-hydrogen) atoms. The molecule has 3 unspecified atom stereocenters. The van der Waals surface area contributed by atoms with Crippen molar-refractivity contribution >= 4 is 11.7 Å². The molecule has 0 spiro atoms. The van der Waals surface area contributed by atoms with Crippen LogP contribution in [-0.4, -0.2) is 30.8 Å². The molecule has 2 bridgehead atoms. The molecule has 3 fully saturated rings. The fraction of sp³-hybridized carbons (Fsp3) is 0.500. The van der Waals surface area contributed by atoms with E-state index in [0.717, 1.165) is 25.1 Å². The van der Waals surface area contributed by atoms with E-state index in [1.165, 1.54) is 0 Å². The van der Waals surface area contributed by atoms with Crippen LogP contribution in [0.3, 0.4) is 0 Å². The van der Waals surface area contributed by atoms with Crippen molar-refractivity contribution in [3.63, 3.8) is 0 Å². The van der Waals surface area contributed by atoms with E-state index >= 15 is 0 Å². The average molecular weight is 286 g/mol. The molecular weight excluding hydrogens is 268 g/mol. The number of aliphatic carboxylic acids is 1. The molecule has 0 aromatic heterocycles. The molecule has 0 radical (unpaired) electrons. The van der Waals surface area contributed by atoms with Crippen molar-refractivity contribution in [2.75, 3.05) is 18.6 Å². The summed E-state index contributed by atoms with van der Waals surface area (Å²) in [6.07, 6.45) is 2.71. The zero-order chi connectivity index (χ0) is 15.0. The molecule has 1 aliphatic carbocycles. The number of hydrogen-bond acceptors (Lipinski definition) is 4. The third-order valence-electron chi connectivity index (χ3n) is 4.77. The molecule has 4 rings (SSSR count). The van der Waals surface area contributed by atoms with Gasteiger partial charge in [-0.15, -0.1) is 0 Å². The first-order valence-electron chi connectivity index (χ1n) is 7.21. The minimum Gasteiger partial charge on any atom is -0.495 e. The Hall–Kier alpha value is -2.22. The Morgan fingerprint density at radius 1 is 1.48 bits per heavy atom. The molecule has 2 aliphatic heterocycles. The Morgan fingerprint density at radius 3 is 2.86 bits per heavy atom. The Labute approximate surface area is 123 Å². The first kappa shape index (κ1) is 13.7. The van der Waals surface area contributed by atoms with Crippen LogP contribution in [0.1, 0.15) is 24.8 Å². The molecule has 5 heteroatoms. The van der Waals surface area contributed by atoms with Crippen LogP contribution >= 0.6 is 0 Å². The van der Waals surface area contributed by atoms with E-state index in [9.17, 15) is 9.90 Å². The number of hydrogen-bond donors (Lipinski definition) is 1. The Morgan fingerprint density at radius 2 is 2.29 bits per heavy atom. The zero-order valence-corrected chi connectivity index (χ0v) is 12.0. The molecular formula is C16H18N2O3. The van der Waals surface area contributed by atoms with Crippen molar-refractivity contribution in [3.05, 3.63) is 23.8 Å². The van der Waals surface area contributed by atoms with Gasteiger partial charge in [-0.3, -0.25) is 4.79 Å². The Balaban J connectivity index is 1.90. The van der Waals surface area contributed by atoms with Crippen molar-refractivity contribution in [1.29, 1.82) is 5.26 Å². The number of nitriles is 1. The van der Waals surface area contributed by atoms with Gasteiger partial charge in [-0.2, -0.15) is 5.26 Å². The molecule has 0 amide bonds. The molecule has 110 valence electrons. The molecule has 1 aromatic rings. The third-order valence-corrected chi connectivity index (χ3v) is 4.77. The van der Waals surface area contributed by atoms with Crippen LogP contribution in [0.2, 0.25) is 0 Å². The normalized spacial score (nSPS) is 27.2. The smallest absolute Gasteiger partial charge is 0.306 e. The number of anilines is 1. The van der Waals surface area contributed by atoms with Gasteiger partial charge >= 0.3 is 5.97 Å². The topological polar surface area (TPSA) is 73.6 Å². The molecule has 2 heterocycles. The van der Waals surface area contributed by atoms with Crippen LogP contribution in [0.25, 0.3) is 0 Å². The lowest BCUT2D eigenvalue weighted by Crippen LogP contribution is -2.54.